The molecule has 6 heteroatoms. The first-order chi connectivity index (χ1) is 10.7. The first-order valence-corrected chi connectivity index (χ1v) is 7.45. The number of nitrogens with zero attached hydrogens (tertiary/aromatic N) is 3. The van der Waals surface area contributed by atoms with Crippen LogP contribution in [0.4, 0.5) is 16.0 Å². The second-order valence-corrected chi connectivity index (χ2v) is 5.77. The van der Waals surface area contributed by atoms with Crippen molar-refractivity contribution >= 4 is 22.5 Å². The van der Waals surface area contributed by atoms with Crippen LogP contribution in [0, 0.1) is 12.7 Å². The van der Waals surface area contributed by atoms with Gasteiger partial charge in [0, 0.05) is 24.5 Å². The summed E-state index contributed by atoms with van der Waals surface area (Å²) in [7, 11) is 0. The summed E-state index contributed by atoms with van der Waals surface area (Å²) in [4.78, 5) is 9.11. The highest BCUT2D eigenvalue weighted by atomic mass is 19.1. The van der Waals surface area contributed by atoms with Gasteiger partial charge in [-0.15, -0.1) is 0 Å². The van der Waals surface area contributed by atoms with Crippen LogP contribution in [0.5, 0.6) is 0 Å². The molecule has 114 valence electrons. The van der Waals surface area contributed by atoms with Gasteiger partial charge in [0.25, 0.3) is 0 Å². The number of benzene rings is 1. The maximum Gasteiger partial charge on any atom is 0.161 e. The molecule has 22 heavy (non-hydrogen) atoms. The monoisotopic (exact) mass is 299 g/mol. The maximum atomic E-state index is 13.4. The van der Waals surface area contributed by atoms with E-state index in [1.807, 2.05) is 13.0 Å². The van der Waals surface area contributed by atoms with Gasteiger partial charge in [-0.3, -0.25) is 5.10 Å². The molecule has 0 saturated heterocycles. The van der Waals surface area contributed by atoms with Gasteiger partial charge in [-0.2, -0.15) is 5.10 Å². The Hall–Kier alpha value is -2.50. The lowest BCUT2D eigenvalue weighted by molar-refractivity contribution is 0.401. The number of hydrogen-bond acceptors (Lipinski definition) is 4. The molecule has 5 nitrogen and oxygen atoms in total. The Morgan fingerprint density at radius 2 is 2.14 bits per heavy atom. The van der Waals surface area contributed by atoms with Crippen molar-refractivity contribution in [1.82, 2.24) is 20.2 Å². The highest BCUT2D eigenvalue weighted by Gasteiger charge is 2.23. The number of H-pyrrole nitrogens is 1. The smallest absolute Gasteiger partial charge is 0.161 e. The number of nitrogens with one attached hydrogen (secondary N) is 2. The molecule has 0 aliphatic heterocycles. The molecule has 0 radical (unpaired) electrons. The third kappa shape index (κ3) is 2.30. The minimum atomic E-state index is -0.286. The van der Waals surface area contributed by atoms with Crippen molar-refractivity contribution in [3.63, 3.8) is 0 Å². The number of aromatic nitrogens is 4. The number of aromatic amines is 1. The van der Waals surface area contributed by atoms with E-state index in [0.717, 1.165) is 29.9 Å². The highest BCUT2D eigenvalue weighted by Crippen LogP contribution is 2.35. The second-order valence-electron chi connectivity index (χ2n) is 5.77. The van der Waals surface area contributed by atoms with E-state index in [2.05, 4.69) is 25.5 Å². The topological polar surface area (TPSA) is 66.5 Å². The summed E-state index contributed by atoms with van der Waals surface area (Å²) in [6.07, 6.45) is 3.55. The third-order valence-electron chi connectivity index (χ3n) is 4.11. The van der Waals surface area contributed by atoms with Crippen molar-refractivity contribution in [3.8, 4) is 0 Å². The maximum absolute atomic E-state index is 13.4. The molecule has 0 atom stereocenters. The molecule has 2 heterocycles. The fraction of sp³-hybridized carbons (Fsp3) is 0.312. The third-order valence-corrected chi connectivity index (χ3v) is 4.11. The summed E-state index contributed by atoms with van der Waals surface area (Å²) in [6, 6.07) is 6.42. The zero-order valence-corrected chi connectivity index (χ0v) is 12.2. The number of aryl methyl sites for hydroxylation is 1. The van der Waals surface area contributed by atoms with Crippen LogP contribution in [0.3, 0.4) is 0 Å². The van der Waals surface area contributed by atoms with Crippen LogP contribution in [-0.4, -0.2) is 20.2 Å². The molecule has 1 aromatic carbocycles. The average Bonchev–Trinajstić information content (AvgIpc) is 2.79. The van der Waals surface area contributed by atoms with Gasteiger partial charge in [0.1, 0.15) is 17.5 Å². The zero-order chi connectivity index (χ0) is 15.1. The number of halogens is 1. The van der Waals surface area contributed by atoms with Gasteiger partial charge < -0.3 is 5.32 Å². The van der Waals surface area contributed by atoms with Crippen LogP contribution in [0.15, 0.2) is 24.3 Å². The number of fused-ring (bicyclic) bond motifs is 1. The lowest BCUT2D eigenvalue weighted by Crippen LogP contribution is -2.14. The van der Waals surface area contributed by atoms with E-state index in [1.54, 1.807) is 6.07 Å². The fourth-order valence-electron chi connectivity index (χ4n) is 2.71. The first-order valence-electron chi connectivity index (χ1n) is 7.45. The van der Waals surface area contributed by atoms with Crippen molar-refractivity contribution in [1.29, 1.82) is 0 Å². The predicted molar refractivity (Wildman–Crippen MR) is 84.8 cm³/mol. The number of hydrogen-bond donors (Lipinski definition) is 2. The molecule has 4 rings (SSSR count). The van der Waals surface area contributed by atoms with Crippen LogP contribution < -0.4 is 5.32 Å². The van der Waals surface area contributed by atoms with Gasteiger partial charge >= 0.3 is 0 Å². The molecular weight excluding hydrogens is 281 g/mol. The van der Waals surface area contributed by atoms with E-state index in [1.165, 1.54) is 18.6 Å². The van der Waals surface area contributed by atoms with E-state index < -0.39 is 0 Å². The lowest BCUT2D eigenvalue weighted by Gasteiger charge is -2.24. The van der Waals surface area contributed by atoms with Crippen molar-refractivity contribution < 1.29 is 5.82 Å². The summed E-state index contributed by atoms with van der Waals surface area (Å²) in [6.45, 7) is 1.96. The SMILES string of the molecule is Cc1cc(Nc2n[nH]c3ccc(F)cc23)nc(C2CCC2)n1.[HH]. The molecule has 2 N–H and O–H groups in total. The van der Waals surface area contributed by atoms with E-state index in [9.17, 15) is 4.39 Å². The molecule has 2 aromatic heterocycles. The van der Waals surface area contributed by atoms with Crippen molar-refractivity contribution in [3.05, 3.63) is 41.6 Å². The van der Waals surface area contributed by atoms with Gasteiger partial charge in [0.05, 0.1) is 5.52 Å². The van der Waals surface area contributed by atoms with Crippen LogP contribution in [-0.2, 0) is 0 Å². The van der Waals surface area contributed by atoms with E-state index >= 15 is 0 Å². The Kier molecular flexibility index (Phi) is 3.03. The Morgan fingerprint density at radius 3 is 2.91 bits per heavy atom. The zero-order valence-electron chi connectivity index (χ0n) is 12.2. The normalized spacial score (nSPS) is 15.0. The molecule has 1 aliphatic carbocycles. The Bertz CT molecular complexity index is 844. The lowest BCUT2D eigenvalue weighted by atomic mass is 9.85. The number of anilines is 2. The first kappa shape index (κ1) is 13.2. The average molecular weight is 299 g/mol. The summed E-state index contributed by atoms with van der Waals surface area (Å²) >= 11 is 0. The Balaban J connectivity index is 0.00000156. The molecule has 0 amide bonds. The molecule has 3 aromatic rings. The molecule has 1 fully saturated rings. The summed E-state index contributed by atoms with van der Waals surface area (Å²) < 4.78 is 13.4. The summed E-state index contributed by atoms with van der Waals surface area (Å²) in [5, 5.41) is 11.0. The minimum absolute atomic E-state index is 0. The van der Waals surface area contributed by atoms with E-state index in [-0.39, 0.29) is 7.24 Å². The Labute approximate surface area is 128 Å². The largest absolute Gasteiger partial charge is 0.323 e. The molecule has 0 spiro atoms. The van der Waals surface area contributed by atoms with Crippen molar-refractivity contribution in [2.24, 2.45) is 0 Å². The molecular formula is C16H18FN5. The molecule has 1 saturated carbocycles. The van der Waals surface area contributed by atoms with Crippen LogP contribution in [0.1, 0.15) is 38.1 Å². The molecule has 0 unspecified atom stereocenters. The quantitative estimate of drug-likeness (QED) is 0.765. The minimum Gasteiger partial charge on any atom is -0.323 e. The van der Waals surface area contributed by atoms with Gasteiger partial charge in [-0.25, -0.2) is 14.4 Å². The van der Waals surface area contributed by atoms with Crippen LogP contribution in [0.2, 0.25) is 0 Å². The molecule has 1 aliphatic rings. The van der Waals surface area contributed by atoms with Gasteiger partial charge in [-0.05, 0) is 38.0 Å². The van der Waals surface area contributed by atoms with Gasteiger partial charge in [-0.1, -0.05) is 6.42 Å². The van der Waals surface area contributed by atoms with Crippen LogP contribution >= 0.6 is 0 Å². The van der Waals surface area contributed by atoms with Gasteiger partial charge in [0.15, 0.2) is 5.82 Å². The van der Waals surface area contributed by atoms with Crippen LogP contribution in [0.25, 0.3) is 10.9 Å². The summed E-state index contributed by atoms with van der Waals surface area (Å²) in [5.41, 5.74) is 1.71. The van der Waals surface area contributed by atoms with E-state index in [0.29, 0.717) is 22.9 Å². The second kappa shape index (κ2) is 5.05. The fourth-order valence-corrected chi connectivity index (χ4v) is 2.71. The molecule has 0 bridgehead atoms. The number of rotatable bonds is 3. The predicted octanol–water partition coefficient (Wildman–Crippen LogP) is 4.06. The summed E-state index contributed by atoms with van der Waals surface area (Å²) in [5.74, 6) is 2.35. The van der Waals surface area contributed by atoms with Crippen molar-refractivity contribution in [2.45, 2.75) is 32.1 Å². The highest BCUT2D eigenvalue weighted by molar-refractivity contribution is 5.91. The van der Waals surface area contributed by atoms with Gasteiger partial charge in [0.2, 0.25) is 0 Å². The Morgan fingerprint density at radius 1 is 1.27 bits per heavy atom. The standard InChI is InChI=1S/C16H16FN5.H2/c1-9-7-14(19-15(18-9)10-3-2-4-10)20-16-12-8-11(17)5-6-13(12)21-22-16;/h5-8,10H,2-4H2,1H3,(H2,18,19,20,21,22);1H. The van der Waals surface area contributed by atoms with Crippen molar-refractivity contribution in [2.75, 3.05) is 5.32 Å². The van der Waals surface area contributed by atoms with E-state index in [4.69, 9.17) is 0 Å².